The molecule has 4 nitrogen and oxygen atoms in total. The fourth-order valence-electron chi connectivity index (χ4n) is 1.52. The second kappa shape index (κ2) is 4.22. The van der Waals surface area contributed by atoms with Crippen LogP contribution in [0.1, 0.15) is 18.1 Å². The maximum atomic E-state index is 11.7. The predicted octanol–water partition coefficient (Wildman–Crippen LogP) is 1.79. The summed E-state index contributed by atoms with van der Waals surface area (Å²) in [5.41, 5.74) is 1.88. The molecular formula is C13H11N3O. The number of likely N-dealkylation sites (N-methyl/N-ethyl adjacent to an activating group) is 1. The van der Waals surface area contributed by atoms with E-state index in [-0.39, 0.29) is 5.91 Å². The van der Waals surface area contributed by atoms with Crippen LogP contribution in [0.2, 0.25) is 0 Å². The molecule has 4 heteroatoms. The van der Waals surface area contributed by atoms with Crippen LogP contribution in [0, 0.1) is 11.3 Å². The van der Waals surface area contributed by atoms with Crippen molar-refractivity contribution in [2.24, 2.45) is 4.99 Å². The fraction of sp³-hybridized carbons (Fsp3) is 0.154. The highest BCUT2D eigenvalue weighted by atomic mass is 16.2. The lowest BCUT2D eigenvalue weighted by Crippen LogP contribution is -2.25. The van der Waals surface area contributed by atoms with Crippen molar-refractivity contribution < 1.29 is 4.79 Å². The third-order valence-electron chi connectivity index (χ3n) is 2.63. The van der Waals surface area contributed by atoms with Crippen molar-refractivity contribution in [2.45, 2.75) is 6.92 Å². The van der Waals surface area contributed by atoms with Gasteiger partial charge in [0.25, 0.3) is 5.91 Å². The van der Waals surface area contributed by atoms with E-state index in [0.29, 0.717) is 17.1 Å². The standard InChI is InChI=1S/C13H11N3O/c1-9-15-12(13(17)16(9)2)7-10-3-5-11(8-14)6-4-10/h3-7H,1-2H3/b12-7-. The number of benzene rings is 1. The van der Waals surface area contributed by atoms with E-state index < -0.39 is 0 Å². The van der Waals surface area contributed by atoms with Gasteiger partial charge in [-0.3, -0.25) is 9.69 Å². The molecule has 1 aliphatic heterocycles. The largest absolute Gasteiger partial charge is 0.298 e. The summed E-state index contributed by atoms with van der Waals surface area (Å²) >= 11 is 0. The van der Waals surface area contributed by atoms with Crippen LogP contribution < -0.4 is 0 Å². The van der Waals surface area contributed by atoms with E-state index in [2.05, 4.69) is 4.99 Å². The highest BCUT2D eigenvalue weighted by molar-refractivity contribution is 6.13. The first-order valence-electron chi connectivity index (χ1n) is 5.17. The minimum Gasteiger partial charge on any atom is -0.298 e. The van der Waals surface area contributed by atoms with Crippen LogP contribution >= 0.6 is 0 Å². The van der Waals surface area contributed by atoms with Crippen molar-refractivity contribution in [1.29, 1.82) is 5.26 Å². The summed E-state index contributed by atoms with van der Waals surface area (Å²) in [4.78, 5) is 17.4. The van der Waals surface area contributed by atoms with Gasteiger partial charge in [0, 0.05) is 7.05 Å². The van der Waals surface area contributed by atoms with Crippen molar-refractivity contribution in [3.63, 3.8) is 0 Å². The van der Waals surface area contributed by atoms with E-state index in [0.717, 1.165) is 5.56 Å². The van der Waals surface area contributed by atoms with Crippen LogP contribution in [0.5, 0.6) is 0 Å². The van der Waals surface area contributed by atoms with Crippen LogP contribution in [0.15, 0.2) is 35.0 Å². The van der Waals surface area contributed by atoms with Crippen LogP contribution in [0.4, 0.5) is 0 Å². The third-order valence-corrected chi connectivity index (χ3v) is 2.63. The maximum absolute atomic E-state index is 11.7. The Bertz CT molecular complexity index is 561. The van der Waals surface area contributed by atoms with Crippen LogP contribution in [0.25, 0.3) is 6.08 Å². The molecule has 0 unspecified atom stereocenters. The predicted molar refractivity (Wildman–Crippen MR) is 65.0 cm³/mol. The number of carbonyl (C=O) groups excluding carboxylic acids is 1. The van der Waals surface area contributed by atoms with Gasteiger partial charge in [0.1, 0.15) is 11.5 Å². The Morgan fingerprint density at radius 3 is 2.47 bits per heavy atom. The first-order valence-corrected chi connectivity index (χ1v) is 5.17. The van der Waals surface area contributed by atoms with Crippen molar-refractivity contribution in [3.05, 3.63) is 41.1 Å². The molecular weight excluding hydrogens is 214 g/mol. The molecule has 0 saturated carbocycles. The smallest absolute Gasteiger partial charge is 0.277 e. The van der Waals surface area contributed by atoms with E-state index >= 15 is 0 Å². The molecule has 0 radical (unpaired) electrons. The van der Waals surface area contributed by atoms with E-state index in [1.807, 2.05) is 6.07 Å². The van der Waals surface area contributed by atoms with Gasteiger partial charge in [-0.15, -0.1) is 0 Å². The Labute approximate surface area is 99.5 Å². The number of amidine groups is 1. The van der Waals surface area contributed by atoms with Gasteiger partial charge in [0.15, 0.2) is 0 Å². The highest BCUT2D eigenvalue weighted by Gasteiger charge is 2.23. The number of aliphatic imine (C=N–C) groups is 1. The minimum absolute atomic E-state index is 0.105. The Morgan fingerprint density at radius 1 is 1.35 bits per heavy atom. The zero-order valence-electron chi connectivity index (χ0n) is 9.64. The molecule has 17 heavy (non-hydrogen) atoms. The van der Waals surface area contributed by atoms with Crippen molar-refractivity contribution in [1.82, 2.24) is 4.90 Å². The molecule has 0 aliphatic carbocycles. The molecule has 1 amide bonds. The summed E-state index contributed by atoms with van der Waals surface area (Å²) < 4.78 is 0. The topological polar surface area (TPSA) is 56.5 Å². The van der Waals surface area contributed by atoms with E-state index in [1.165, 1.54) is 4.90 Å². The number of hydrogen-bond donors (Lipinski definition) is 0. The minimum atomic E-state index is -0.105. The molecule has 0 N–H and O–H groups in total. The quantitative estimate of drug-likeness (QED) is 0.684. The second-order valence-electron chi connectivity index (χ2n) is 3.79. The Morgan fingerprint density at radius 2 is 2.00 bits per heavy atom. The van der Waals surface area contributed by atoms with Gasteiger partial charge in [0.2, 0.25) is 0 Å². The molecule has 0 atom stereocenters. The molecule has 0 saturated heterocycles. The van der Waals surface area contributed by atoms with Crippen LogP contribution in [0.3, 0.4) is 0 Å². The zero-order valence-corrected chi connectivity index (χ0v) is 9.64. The fourth-order valence-corrected chi connectivity index (χ4v) is 1.52. The van der Waals surface area contributed by atoms with Gasteiger partial charge in [-0.2, -0.15) is 5.26 Å². The number of carbonyl (C=O) groups is 1. The monoisotopic (exact) mass is 225 g/mol. The van der Waals surface area contributed by atoms with E-state index in [1.54, 1.807) is 44.3 Å². The van der Waals surface area contributed by atoms with Crippen LogP contribution in [-0.4, -0.2) is 23.7 Å². The lowest BCUT2D eigenvalue weighted by molar-refractivity contribution is -0.121. The molecule has 1 aromatic rings. The Balaban J connectivity index is 2.32. The number of nitriles is 1. The van der Waals surface area contributed by atoms with Gasteiger partial charge in [-0.25, -0.2) is 4.99 Å². The lowest BCUT2D eigenvalue weighted by atomic mass is 10.1. The third kappa shape index (κ3) is 2.08. The maximum Gasteiger partial charge on any atom is 0.277 e. The average Bonchev–Trinajstić information content (AvgIpc) is 2.58. The molecule has 1 heterocycles. The molecule has 0 spiro atoms. The Kier molecular flexibility index (Phi) is 2.75. The molecule has 2 rings (SSSR count). The molecule has 84 valence electrons. The molecule has 1 aliphatic rings. The average molecular weight is 225 g/mol. The van der Waals surface area contributed by atoms with Crippen LogP contribution in [-0.2, 0) is 4.79 Å². The lowest BCUT2D eigenvalue weighted by Gasteiger charge is -2.05. The summed E-state index contributed by atoms with van der Waals surface area (Å²) in [5.74, 6) is 0.585. The summed E-state index contributed by atoms with van der Waals surface area (Å²) in [6.45, 7) is 1.79. The second-order valence-corrected chi connectivity index (χ2v) is 3.79. The van der Waals surface area contributed by atoms with Crippen molar-refractivity contribution >= 4 is 17.8 Å². The first-order chi connectivity index (χ1) is 8.11. The van der Waals surface area contributed by atoms with Gasteiger partial charge < -0.3 is 0 Å². The number of rotatable bonds is 1. The van der Waals surface area contributed by atoms with Crippen molar-refractivity contribution in [3.8, 4) is 6.07 Å². The first kappa shape index (κ1) is 11.1. The van der Waals surface area contributed by atoms with Gasteiger partial charge in [-0.05, 0) is 30.7 Å². The Hall–Kier alpha value is -2.41. The van der Waals surface area contributed by atoms with E-state index in [9.17, 15) is 4.79 Å². The number of hydrogen-bond acceptors (Lipinski definition) is 3. The van der Waals surface area contributed by atoms with Crippen molar-refractivity contribution in [2.75, 3.05) is 7.05 Å². The number of nitrogens with zero attached hydrogens (tertiary/aromatic N) is 3. The molecule has 1 aromatic carbocycles. The van der Waals surface area contributed by atoms with Gasteiger partial charge in [0.05, 0.1) is 11.6 Å². The van der Waals surface area contributed by atoms with E-state index in [4.69, 9.17) is 5.26 Å². The zero-order chi connectivity index (χ0) is 12.4. The summed E-state index contributed by atoms with van der Waals surface area (Å²) in [7, 11) is 1.70. The van der Waals surface area contributed by atoms with Gasteiger partial charge >= 0.3 is 0 Å². The molecule has 0 aromatic heterocycles. The summed E-state index contributed by atoms with van der Waals surface area (Å²) in [5, 5.41) is 8.68. The van der Waals surface area contributed by atoms with Gasteiger partial charge in [-0.1, -0.05) is 12.1 Å². The normalized spacial score (nSPS) is 17.2. The summed E-state index contributed by atoms with van der Waals surface area (Å²) in [6, 6.07) is 9.06. The number of amides is 1. The highest BCUT2D eigenvalue weighted by Crippen LogP contribution is 2.16. The SMILES string of the molecule is CC1=N/C(=C\c2ccc(C#N)cc2)C(=O)N1C. The molecule has 0 bridgehead atoms. The summed E-state index contributed by atoms with van der Waals surface area (Å²) in [6.07, 6.45) is 1.72. The molecule has 0 fully saturated rings.